The Morgan fingerprint density at radius 2 is 1.51 bits per heavy atom. The number of aromatic nitrogens is 2. The summed E-state index contributed by atoms with van der Waals surface area (Å²) in [6, 6.07) is 36.5. The largest absolute Gasteiger partial charge is 0.462 e. The number of benzene rings is 4. The van der Waals surface area contributed by atoms with Crippen LogP contribution < -0.4 is 0 Å². The first kappa shape index (κ1) is 23.4. The third-order valence-corrected chi connectivity index (χ3v) is 7.41. The lowest BCUT2D eigenvalue weighted by Gasteiger charge is -2.12. The minimum atomic E-state index is 0.540. The fourth-order valence-electron chi connectivity index (χ4n) is 5.55. The lowest BCUT2D eigenvalue weighted by atomic mass is 9.95. The van der Waals surface area contributed by atoms with Crippen LogP contribution >= 0.6 is 0 Å². The second-order valence-corrected chi connectivity index (χ2v) is 10.6. The van der Waals surface area contributed by atoms with Crippen molar-refractivity contribution in [2.75, 3.05) is 0 Å². The molecule has 7 aromatic rings. The quantitative estimate of drug-likeness (QED) is 0.234. The summed E-state index contributed by atoms with van der Waals surface area (Å²) in [5.41, 5.74) is 9.55. The van der Waals surface area contributed by atoms with E-state index in [9.17, 15) is 0 Å². The Hall–Kier alpha value is -4.76. The van der Waals surface area contributed by atoms with E-state index < -0.39 is 0 Å². The van der Waals surface area contributed by atoms with Gasteiger partial charge in [0.1, 0.15) is 5.52 Å². The van der Waals surface area contributed by atoms with E-state index in [0.717, 1.165) is 50.8 Å². The van der Waals surface area contributed by atoms with Gasteiger partial charge >= 0.3 is 0 Å². The summed E-state index contributed by atoms with van der Waals surface area (Å²) >= 11 is 0. The van der Waals surface area contributed by atoms with Crippen molar-refractivity contribution in [2.45, 2.75) is 20.3 Å². The van der Waals surface area contributed by atoms with E-state index >= 15 is 0 Å². The van der Waals surface area contributed by atoms with Crippen LogP contribution in [-0.2, 0) is 6.42 Å². The smallest absolute Gasteiger partial charge is 0.160 e. The van der Waals surface area contributed by atoms with Gasteiger partial charge in [-0.25, -0.2) is 4.98 Å². The number of fused-ring (bicyclic) bond motifs is 4. The van der Waals surface area contributed by atoms with Crippen molar-refractivity contribution >= 4 is 32.6 Å². The number of hydrogen-bond acceptors (Lipinski definition) is 3. The molecule has 188 valence electrons. The monoisotopic (exact) mass is 504 g/mol. The normalized spacial score (nSPS) is 11.7. The zero-order valence-corrected chi connectivity index (χ0v) is 22.1. The SMILES string of the molecule is CC(C)Cc1ccc2c(-c3ccc(-c4cccc5cc(-c6ccccc6)ccc45)cn3)cc3ccoc3c2n1. The lowest BCUT2D eigenvalue weighted by Crippen LogP contribution is -1.98. The molecule has 0 aliphatic carbocycles. The van der Waals surface area contributed by atoms with Crippen molar-refractivity contribution in [3.8, 4) is 33.5 Å². The summed E-state index contributed by atoms with van der Waals surface area (Å²) in [6.45, 7) is 4.43. The van der Waals surface area contributed by atoms with E-state index in [4.69, 9.17) is 14.4 Å². The van der Waals surface area contributed by atoms with Gasteiger partial charge in [-0.2, -0.15) is 0 Å². The molecule has 39 heavy (non-hydrogen) atoms. The second kappa shape index (κ2) is 9.52. The van der Waals surface area contributed by atoms with Gasteiger partial charge < -0.3 is 4.42 Å². The minimum Gasteiger partial charge on any atom is -0.462 e. The van der Waals surface area contributed by atoms with E-state index in [-0.39, 0.29) is 0 Å². The van der Waals surface area contributed by atoms with Gasteiger partial charge in [-0.15, -0.1) is 0 Å². The van der Waals surface area contributed by atoms with Crippen molar-refractivity contribution in [1.29, 1.82) is 0 Å². The molecule has 0 N–H and O–H groups in total. The standard InChI is InChI=1S/C36H28N2O/c1-23(2)19-29-13-15-32-33(21-27-17-18-39-36(27)35(32)38-29)34-16-12-28(22-37-34)30-10-6-9-26-20-25(11-14-31(26)30)24-7-4-3-5-8-24/h3-18,20-23H,19H2,1-2H3. The van der Waals surface area contributed by atoms with E-state index in [1.165, 1.54) is 27.5 Å². The molecule has 3 heterocycles. The molecule has 0 fully saturated rings. The summed E-state index contributed by atoms with van der Waals surface area (Å²) < 4.78 is 5.85. The molecule has 0 unspecified atom stereocenters. The van der Waals surface area contributed by atoms with Gasteiger partial charge in [0, 0.05) is 33.8 Å². The Bertz CT molecular complexity index is 1950. The molecule has 0 saturated heterocycles. The number of hydrogen-bond donors (Lipinski definition) is 0. The van der Waals surface area contributed by atoms with Crippen molar-refractivity contribution in [3.05, 3.63) is 121 Å². The molecular formula is C36H28N2O. The molecule has 0 atom stereocenters. The molecule has 0 aliphatic rings. The predicted molar refractivity (Wildman–Crippen MR) is 162 cm³/mol. The molecule has 0 aliphatic heterocycles. The van der Waals surface area contributed by atoms with E-state index in [2.05, 4.69) is 111 Å². The van der Waals surface area contributed by atoms with Crippen molar-refractivity contribution in [2.24, 2.45) is 5.92 Å². The highest BCUT2D eigenvalue weighted by atomic mass is 16.3. The maximum Gasteiger partial charge on any atom is 0.160 e. The van der Waals surface area contributed by atoms with Crippen LogP contribution in [0.4, 0.5) is 0 Å². The Morgan fingerprint density at radius 1 is 0.667 bits per heavy atom. The third-order valence-electron chi connectivity index (χ3n) is 7.41. The number of pyridine rings is 2. The first-order valence-electron chi connectivity index (χ1n) is 13.5. The molecule has 3 aromatic heterocycles. The average molecular weight is 505 g/mol. The van der Waals surface area contributed by atoms with E-state index in [1.807, 2.05) is 12.3 Å². The van der Waals surface area contributed by atoms with Crippen LogP contribution in [0.1, 0.15) is 19.5 Å². The molecule has 0 spiro atoms. The van der Waals surface area contributed by atoms with Crippen LogP contribution in [0.15, 0.2) is 120 Å². The highest BCUT2D eigenvalue weighted by molar-refractivity contribution is 6.09. The van der Waals surface area contributed by atoms with Gasteiger partial charge in [0.05, 0.1) is 12.0 Å². The van der Waals surface area contributed by atoms with Crippen molar-refractivity contribution in [1.82, 2.24) is 9.97 Å². The molecule has 0 radical (unpaired) electrons. The number of rotatable bonds is 5. The second-order valence-electron chi connectivity index (χ2n) is 10.6. The molecule has 4 aromatic carbocycles. The molecular weight excluding hydrogens is 476 g/mol. The number of furan rings is 1. The Balaban J connectivity index is 1.30. The van der Waals surface area contributed by atoms with E-state index in [0.29, 0.717) is 5.92 Å². The van der Waals surface area contributed by atoms with Crippen LogP contribution in [-0.4, -0.2) is 9.97 Å². The van der Waals surface area contributed by atoms with Crippen molar-refractivity contribution in [3.63, 3.8) is 0 Å². The van der Waals surface area contributed by atoms with E-state index in [1.54, 1.807) is 6.26 Å². The molecule has 0 bridgehead atoms. The summed E-state index contributed by atoms with van der Waals surface area (Å²) in [4.78, 5) is 9.96. The van der Waals surface area contributed by atoms with Gasteiger partial charge in [0.25, 0.3) is 0 Å². The highest BCUT2D eigenvalue weighted by Gasteiger charge is 2.15. The lowest BCUT2D eigenvalue weighted by molar-refractivity contribution is 0.616. The van der Waals surface area contributed by atoms with Gasteiger partial charge in [0.15, 0.2) is 5.58 Å². The predicted octanol–water partition coefficient (Wildman–Crippen LogP) is 9.73. The third kappa shape index (κ3) is 4.26. The Labute approximate surface area is 227 Å². The summed E-state index contributed by atoms with van der Waals surface area (Å²) in [5.74, 6) is 0.540. The van der Waals surface area contributed by atoms with Crippen LogP contribution in [0.25, 0.3) is 66.2 Å². The van der Waals surface area contributed by atoms with Crippen LogP contribution in [0.2, 0.25) is 0 Å². The molecule has 3 nitrogen and oxygen atoms in total. The topological polar surface area (TPSA) is 38.9 Å². The van der Waals surface area contributed by atoms with Crippen LogP contribution in [0.3, 0.4) is 0 Å². The highest BCUT2D eigenvalue weighted by Crippen LogP contribution is 2.36. The zero-order valence-electron chi connectivity index (χ0n) is 22.1. The molecule has 0 amide bonds. The molecule has 0 saturated carbocycles. The fourth-order valence-corrected chi connectivity index (χ4v) is 5.55. The van der Waals surface area contributed by atoms with Gasteiger partial charge in [-0.05, 0) is 70.1 Å². The minimum absolute atomic E-state index is 0.540. The fraction of sp³-hybridized carbons (Fsp3) is 0.111. The molecule has 7 rings (SSSR count). The first-order chi connectivity index (χ1) is 19.1. The van der Waals surface area contributed by atoms with Gasteiger partial charge in [-0.3, -0.25) is 4.98 Å². The van der Waals surface area contributed by atoms with Crippen LogP contribution in [0, 0.1) is 5.92 Å². The zero-order chi connectivity index (χ0) is 26.3. The average Bonchev–Trinajstić information content (AvgIpc) is 3.46. The Kier molecular flexibility index (Phi) is 5.70. The molecule has 3 heteroatoms. The summed E-state index contributed by atoms with van der Waals surface area (Å²) in [6.07, 6.45) is 4.67. The van der Waals surface area contributed by atoms with Gasteiger partial charge in [0.2, 0.25) is 0 Å². The summed E-state index contributed by atoms with van der Waals surface area (Å²) in [7, 11) is 0. The first-order valence-corrected chi connectivity index (χ1v) is 13.5. The Morgan fingerprint density at radius 3 is 2.33 bits per heavy atom. The number of nitrogens with zero attached hydrogens (tertiary/aromatic N) is 2. The van der Waals surface area contributed by atoms with Crippen molar-refractivity contribution < 1.29 is 4.42 Å². The van der Waals surface area contributed by atoms with Crippen LogP contribution in [0.5, 0.6) is 0 Å². The maximum atomic E-state index is 5.85. The maximum absolute atomic E-state index is 5.85. The van der Waals surface area contributed by atoms with Gasteiger partial charge in [-0.1, -0.05) is 86.6 Å². The summed E-state index contributed by atoms with van der Waals surface area (Å²) in [5, 5.41) is 4.54.